The highest BCUT2D eigenvalue weighted by Gasteiger charge is 2.55. The SMILES string of the molecule is CC(O[C@H]1C(CO)O[C@@H](OC2C(O)OC3COC(c4ccccc4)O[C@@H]3[C@@H]2OCc2ccccc2)C(O)[C@H]1OCc1ccccc1)c1ccccc1. The predicted molar refractivity (Wildman–Crippen MR) is 187 cm³/mol. The van der Waals surface area contributed by atoms with Crippen molar-refractivity contribution in [2.45, 2.75) is 93.9 Å². The number of rotatable bonds is 13. The Morgan fingerprint density at radius 2 is 1.25 bits per heavy atom. The molecule has 3 heterocycles. The molecule has 0 bridgehead atoms. The third-order valence-corrected chi connectivity index (χ3v) is 9.66. The highest BCUT2D eigenvalue weighted by molar-refractivity contribution is 5.19. The van der Waals surface area contributed by atoms with Crippen molar-refractivity contribution >= 4 is 0 Å². The smallest absolute Gasteiger partial charge is 0.187 e. The first-order valence-corrected chi connectivity index (χ1v) is 17.8. The molecule has 3 aliphatic rings. The molecule has 0 spiro atoms. The summed E-state index contributed by atoms with van der Waals surface area (Å²) in [4.78, 5) is 0. The third-order valence-electron chi connectivity index (χ3n) is 9.66. The van der Waals surface area contributed by atoms with Gasteiger partial charge in [-0.3, -0.25) is 0 Å². The fourth-order valence-electron chi connectivity index (χ4n) is 6.91. The number of hydrogen-bond donors (Lipinski definition) is 3. The van der Waals surface area contributed by atoms with Crippen molar-refractivity contribution in [3.8, 4) is 0 Å². The van der Waals surface area contributed by atoms with Crippen molar-refractivity contribution in [3.05, 3.63) is 144 Å². The Kier molecular flexibility index (Phi) is 12.4. The van der Waals surface area contributed by atoms with E-state index in [0.29, 0.717) is 0 Å². The number of ether oxygens (including phenoxy) is 8. The molecule has 11 nitrogen and oxygen atoms in total. The van der Waals surface area contributed by atoms with Crippen molar-refractivity contribution in [1.29, 1.82) is 0 Å². The van der Waals surface area contributed by atoms with E-state index in [0.717, 1.165) is 22.3 Å². The van der Waals surface area contributed by atoms with Gasteiger partial charge < -0.3 is 53.2 Å². The quantitative estimate of drug-likeness (QED) is 0.180. The number of hydrogen-bond acceptors (Lipinski definition) is 11. The van der Waals surface area contributed by atoms with Crippen LogP contribution >= 0.6 is 0 Å². The van der Waals surface area contributed by atoms with Crippen LogP contribution in [0.1, 0.15) is 41.6 Å². The van der Waals surface area contributed by atoms with E-state index in [1.54, 1.807) is 0 Å². The van der Waals surface area contributed by atoms with E-state index in [9.17, 15) is 15.3 Å². The molecule has 4 aromatic rings. The van der Waals surface area contributed by atoms with E-state index >= 15 is 0 Å². The summed E-state index contributed by atoms with van der Waals surface area (Å²) in [7, 11) is 0. The molecule has 0 saturated carbocycles. The lowest BCUT2D eigenvalue weighted by Gasteiger charge is -2.50. The van der Waals surface area contributed by atoms with Gasteiger partial charge in [-0.05, 0) is 23.6 Å². The van der Waals surface area contributed by atoms with E-state index in [-0.39, 0.29) is 19.8 Å². The molecule has 11 heteroatoms. The van der Waals surface area contributed by atoms with Crippen LogP contribution in [-0.2, 0) is 51.1 Å². The van der Waals surface area contributed by atoms with Crippen molar-refractivity contribution in [2.75, 3.05) is 13.2 Å². The van der Waals surface area contributed by atoms with Crippen LogP contribution in [0.4, 0.5) is 0 Å². The highest BCUT2D eigenvalue weighted by atomic mass is 16.8. The molecule has 3 saturated heterocycles. The van der Waals surface area contributed by atoms with E-state index in [1.807, 2.05) is 128 Å². The lowest BCUT2D eigenvalue weighted by atomic mass is 9.95. The molecule has 0 aliphatic carbocycles. The van der Waals surface area contributed by atoms with Gasteiger partial charge in [0.05, 0.1) is 32.5 Å². The van der Waals surface area contributed by atoms with Gasteiger partial charge in [0.15, 0.2) is 18.9 Å². The molecule has 276 valence electrons. The van der Waals surface area contributed by atoms with Gasteiger partial charge in [-0.1, -0.05) is 121 Å². The van der Waals surface area contributed by atoms with Crippen LogP contribution in [0.15, 0.2) is 121 Å². The molecule has 7 unspecified atom stereocenters. The van der Waals surface area contributed by atoms with Gasteiger partial charge in [-0.2, -0.15) is 0 Å². The molecule has 3 fully saturated rings. The van der Waals surface area contributed by atoms with Crippen molar-refractivity contribution in [3.63, 3.8) is 0 Å². The first kappa shape index (κ1) is 36.8. The first-order chi connectivity index (χ1) is 25.5. The minimum absolute atomic E-state index is 0.141. The second-order valence-corrected chi connectivity index (χ2v) is 13.2. The number of aliphatic hydroxyl groups excluding tert-OH is 3. The van der Waals surface area contributed by atoms with Gasteiger partial charge in [0.2, 0.25) is 0 Å². The summed E-state index contributed by atoms with van der Waals surface area (Å²) in [5.41, 5.74) is 3.52. The average Bonchev–Trinajstić information content (AvgIpc) is 3.19. The van der Waals surface area contributed by atoms with Crippen LogP contribution in [0, 0.1) is 0 Å². The van der Waals surface area contributed by atoms with Gasteiger partial charge in [0.1, 0.15) is 48.8 Å². The molecular weight excluding hydrogens is 668 g/mol. The Balaban J connectivity index is 1.15. The summed E-state index contributed by atoms with van der Waals surface area (Å²) in [6, 6.07) is 38.4. The molecule has 0 aromatic heterocycles. The molecule has 12 atom stereocenters. The predicted octanol–water partition coefficient (Wildman–Crippen LogP) is 4.60. The molecule has 52 heavy (non-hydrogen) atoms. The summed E-state index contributed by atoms with van der Waals surface area (Å²) in [5, 5.41) is 34.0. The van der Waals surface area contributed by atoms with Crippen LogP contribution in [0.2, 0.25) is 0 Å². The molecule has 4 aromatic carbocycles. The van der Waals surface area contributed by atoms with Gasteiger partial charge >= 0.3 is 0 Å². The Morgan fingerprint density at radius 3 is 1.87 bits per heavy atom. The molecule has 0 amide bonds. The van der Waals surface area contributed by atoms with Gasteiger partial charge in [0.25, 0.3) is 0 Å². The maximum absolute atomic E-state index is 12.0. The number of aliphatic hydroxyl groups is 3. The summed E-state index contributed by atoms with van der Waals surface area (Å²) >= 11 is 0. The second kappa shape index (κ2) is 17.5. The zero-order valence-electron chi connectivity index (χ0n) is 28.9. The standard InChI is InChI=1S/C41H46O11/c1-26(29-18-10-4-11-19-29)48-34-31(22-42)50-41(33(43)36(34)45-23-27-14-6-2-7-15-27)52-38-37(46-24-28-16-8-3-9-17-28)35-32(49-39(38)44)25-47-40(51-35)30-20-12-5-13-21-30/h2-21,26,31-44H,22-25H2,1H3/t26?,31?,32?,33?,34-,35-,36+,37-,38?,39?,40?,41-/m0/s1. The van der Waals surface area contributed by atoms with Crippen LogP contribution in [0.5, 0.6) is 0 Å². The van der Waals surface area contributed by atoms with Crippen molar-refractivity contribution in [2.24, 2.45) is 0 Å². The van der Waals surface area contributed by atoms with Crippen LogP contribution < -0.4 is 0 Å². The Hall–Kier alpha value is -3.56. The zero-order chi connectivity index (χ0) is 35.9. The topological polar surface area (TPSA) is 135 Å². The highest BCUT2D eigenvalue weighted by Crippen LogP contribution is 2.38. The van der Waals surface area contributed by atoms with E-state index < -0.39 is 80.4 Å². The third kappa shape index (κ3) is 8.62. The summed E-state index contributed by atoms with van der Waals surface area (Å²) in [5.74, 6) is 0. The summed E-state index contributed by atoms with van der Waals surface area (Å²) < 4.78 is 50.6. The maximum Gasteiger partial charge on any atom is 0.187 e. The Bertz CT molecular complexity index is 1630. The number of fused-ring (bicyclic) bond motifs is 1. The van der Waals surface area contributed by atoms with E-state index in [4.69, 9.17) is 37.9 Å². The zero-order valence-corrected chi connectivity index (χ0v) is 28.9. The summed E-state index contributed by atoms with van der Waals surface area (Å²) in [6.45, 7) is 1.92. The van der Waals surface area contributed by atoms with E-state index in [1.165, 1.54) is 0 Å². The van der Waals surface area contributed by atoms with Crippen molar-refractivity contribution in [1.82, 2.24) is 0 Å². The monoisotopic (exact) mass is 714 g/mol. The maximum atomic E-state index is 12.0. The van der Waals surface area contributed by atoms with Crippen molar-refractivity contribution < 1.29 is 53.2 Å². The number of benzene rings is 4. The Morgan fingerprint density at radius 1 is 0.673 bits per heavy atom. The van der Waals surface area contributed by atoms with Crippen LogP contribution in [0.3, 0.4) is 0 Å². The van der Waals surface area contributed by atoms with Crippen LogP contribution in [-0.4, -0.2) is 89.9 Å². The normalized spacial score (nSPS) is 32.5. The first-order valence-electron chi connectivity index (χ1n) is 17.8. The van der Waals surface area contributed by atoms with Gasteiger partial charge in [0, 0.05) is 5.56 Å². The molecule has 3 aliphatic heterocycles. The molecule has 0 radical (unpaired) electrons. The molecule has 3 N–H and O–H groups in total. The fraction of sp³-hybridized carbons (Fsp3) is 0.415. The minimum Gasteiger partial charge on any atom is -0.394 e. The largest absolute Gasteiger partial charge is 0.394 e. The second-order valence-electron chi connectivity index (χ2n) is 13.2. The molecule has 7 rings (SSSR count). The van der Waals surface area contributed by atoms with Gasteiger partial charge in [-0.15, -0.1) is 0 Å². The van der Waals surface area contributed by atoms with E-state index in [2.05, 4.69) is 0 Å². The molecular formula is C41H46O11. The lowest BCUT2D eigenvalue weighted by Crippen LogP contribution is -2.66. The average molecular weight is 715 g/mol. The fourth-order valence-corrected chi connectivity index (χ4v) is 6.91. The summed E-state index contributed by atoms with van der Waals surface area (Å²) in [6.07, 6.45) is -11.7. The van der Waals surface area contributed by atoms with Gasteiger partial charge in [-0.25, -0.2) is 0 Å². The minimum atomic E-state index is -1.50. The van der Waals surface area contributed by atoms with Crippen LogP contribution in [0.25, 0.3) is 0 Å². The lowest BCUT2D eigenvalue weighted by molar-refractivity contribution is -0.395. The Labute approximate surface area is 303 Å².